The molecule has 0 radical (unpaired) electrons. The van der Waals surface area contributed by atoms with E-state index in [1.54, 1.807) is 4.90 Å². The molecule has 8 nitrogen and oxygen atoms in total. The van der Waals surface area contributed by atoms with Gasteiger partial charge in [-0.2, -0.15) is 8.42 Å². The van der Waals surface area contributed by atoms with Crippen molar-refractivity contribution >= 4 is 10.4 Å². The first kappa shape index (κ1) is 34.6. The second-order valence-corrected chi connectivity index (χ2v) is 9.29. The van der Waals surface area contributed by atoms with Gasteiger partial charge in [-0.1, -0.05) is 76.9 Å². The summed E-state index contributed by atoms with van der Waals surface area (Å²) in [5, 5.41) is 25.5. The van der Waals surface area contributed by atoms with Crippen molar-refractivity contribution < 1.29 is 32.5 Å². The second kappa shape index (κ2) is 27.7. The Kier molecular flexibility index (Phi) is 29.0. The number of allylic oxidation sites excluding steroid dienone is 2. The predicted octanol–water partition coefficient (Wildman–Crippen LogP) is 4.11. The number of unbranched alkanes of at least 4 members (excludes halogenated alkanes) is 12. The van der Waals surface area contributed by atoms with Crippen LogP contribution in [0.15, 0.2) is 12.2 Å². The first-order valence-electron chi connectivity index (χ1n) is 12.7. The lowest BCUT2D eigenvalue weighted by Gasteiger charge is -2.17. The van der Waals surface area contributed by atoms with E-state index in [1.807, 2.05) is 0 Å². The predicted molar refractivity (Wildman–Crippen MR) is 135 cm³/mol. The molecule has 0 aliphatic heterocycles. The molecule has 0 aromatic carbocycles. The molecule has 0 heterocycles. The fourth-order valence-corrected chi connectivity index (χ4v) is 3.60. The topological polar surface area (TPSA) is 128 Å². The van der Waals surface area contributed by atoms with Crippen molar-refractivity contribution in [1.82, 2.24) is 4.90 Å². The van der Waals surface area contributed by atoms with Gasteiger partial charge in [0.15, 0.2) is 0 Å². The first-order valence-corrected chi connectivity index (χ1v) is 14.1. The molecule has 0 rings (SSSR count). The zero-order valence-electron chi connectivity index (χ0n) is 20.9. The fourth-order valence-electron chi connectivity index (χ4n) is 3.27. The summed E-state index contributed by atoms with van der Waals surface area (Å²) < 4.78 is 33.3. The van der Waals surface area contributed by atoms with Gasteiger partial charge >= 0.3 is 10.4 Å². The summed E-state index contributed by atoms with van der Waals surface area (Å²) in [5.74, 6) is 0. The molecule has 0 amide bonds. The van der Waals surface area contributed by atoms with E-state index in [2.05, 4.69) is 23.3 Å². The number of hydrogen-bond acceptors (Lipinski definition) is 7. The van der Waals surface area contributed by atoms with Crippen molar-refractivity contribution in [3.63, 3.8) is 0 Å². The summed E-state index contributed by atoms with van der Waals surface area (Å²) in [4.78, 5) is 1.79. The average Bonchev–Trinajstić information content (AvgIpc) is 2.76. The molecule has 0 saturated heterocycles. The fraction of sp³-hybridized carbons (Fsp3) is 0.917. The number of aliphatic hydroxyl groups excluding tert-OH is 3. The van der Waals surface area contributed by atoms with Crippen molar-refractivity contribution in [3.8, 4) is 0 Å². The average molecular weight is 498 g/mol. The van der Waals surface area contributed by atoms with Crippen LogP contribution in [0.1, 0.15) is 96.8 Å². The third-order valence-corrected chi connectivity index (χ3v) is 5.60. The Bertz CT molecular complexity index is 487. The minimum atomic E-state index is -4.25. The van der Waals surface area contributed by atoms with Crippen LogP contribution in [0.2, 0.25) is 0 Å². The Morgan fingerprint density at radius 3 is 1.45 bits per heavy atom. The second-order valence-electron chi connectivity index (χ2n) is 8.20. The Balaban J connectivity index is 0. The highest BCUT2D eigenvalue weighted by Crippen LogP contribution is 2.10. The van der Waals surface area contributed by atoms with Crippen LogP contribution in [0.3, 0.4) is 0 Å². The highest BCUT2D eigenvalue weighted by Gasteiger charge is 2.02. The summed E-state index contributed by atoms with van der Waals surface area (Å²) in [7, 11) is -4.25. The van der Waals surface area contributed by atoms with Gasteiger partial charge in [-0.25, -0.2) is 4.18 Å². The minimum absolute atomic E-state index is 0.0694. The molecule has 0 aliphatic carbocycles. The van der Waals surface area contributed by atoms with Gasteiger partial charge in [0.2, 0.25) is 0 Å². The lowest BCUT2D eigenvalue weighted by atomic mass is 10.1. The van der Waals surface area contributed by atoms with E-state index in [4.69, 9.17) is 19.9 Å². The van der Waals surface area contributed by atoms with E-state index in [1.165, 1.54) is 70.6 Å². The summed E-state index contributed by atoms with van der Waals surface area (Å²) >= 11 is 0. The van der Waals surface area contributed by atoms with Gasteiger partial charge in [-0.3, -0.25) is 9.45 Å². The molecule has 200 valence electrons. The summed E-state index contributed by atoms with van der Waals surface area (Å²) in [6.07, 6.45) is 21.5. The quantitative estimate of drug-likeness (QED) is 0.0943. The normalized spacial score (nSPS) is 11.8. The smallest absolute Gasteiger partial charge is 0.395 e. The Morgan fingerprint density at radius 2 is 1.06 bits per heavy atom. The van der Waals surface area contributed by atoms with E-state index in [0.29, 0.717) is 26.1 Å². The van der Waals surface area contributed by atoms with Crippen molar-refractivity contribution in [2.75, 3.05) is 46.1 Å². The SMILES string of the molecule is CCCCCCCC/C=C\CCCCCCCCOS(=O)(=O)O.OCCN(CCO)CCO. The van der Waals surface area contributed by atoms with Gasteiger partial charge < -0.3 is 15.3 Å². The first-order chi connectivity index (χ1) is 15.9. The van der Waals surface area contributed by atoms with E-state index in [-0.39, 0.29) is 26.4 Å². The highest BCUT2D eigenvalue weighted by atomic mass is 32.3. The van der Waals surface area contributed by atoms with Crippen molar-refractivity contribution in [1.29, 1.82) is 0 Å². The summed E-state index contributed by atoms with van der Waals surface area (Å²) in [5.41, 5.74) is 0. The largest absolute Gasteiger partial charge is 0.397 e. The lowest BCUT2D eigenvalue weighted by Crippen LogP contribution is -2.32. The summed E-state index contributed by atoms with van der Waals surface area (Å²) in [6, 6.07) is 0. The molecule has 0 aromatic rings. The van der Waals surface area contributed by atoms with Gasteiger partial charge in [0.25, 0.3) is 0 Å². The maximum atomic E-state index is 10.3. The number of nitrogens with zero attached hydrogens (tertiary/aromatic N) is 1. The Morgan fingerprint density at radius 1 is 0.667 bits per heavy atom. The van der Waals surface area contributed by atoms with Crippen LogP contribution < -0.4 is 0 Å². The van der Waals surface area contributed by atoms with Gasteiger partial charge in [0.05, 0.1) is 26.4 Å². The lowest BCUT2D eigenvalue weighted by molar-refractivity contribution is 0.136. The van der Waals surface area contributed by atoms with Crippen LogP contribution in [-0.2, 0) is 14.6 Å². The standard InChI is InChI=1S/C18H36O4S.C6H15NO3/c1-2-3-4-5-6-7-8-9-10-11-12-13-14-15-16-17-18-22-23(19,20)21;8-4-1-7(2-5-9)3-6-10/h9-10H,2-8,11-18H2,1H3,(H,19,20,21);8-10H,1-6H2/b10-9-;. The van der Waals surface area contributed by atoms with Crippen LogP contribution >= 0.6 is 0 Å². The molecule has 0 bridgehead atoms. The third kappa shape index (κ3) is 33.7. The monoisotopic (exact) mass is 497 g/mol. The van der Waals surface area contributed by atoms with Crippen LogP contribution in [0.25, 0.3) is 0 Å². The van der Waals surface area contributed by atoms with E-state index >= 15 is 0 Å². The van der Waals surface area contributed by atoms with Crippen LogP contribution in [0.4, 0.5) is 0 Å². The highest BCUT2D eigenvalue weighted by molar-refractivity contribution is 7.80. The molecular formula is C24H51NO7S. The van der Waals surface area contributed by atoms with Crippen LogP contribution in [0.5, 0.6) is 0 Å². The van der Waals surface area contributed by atoms with E-state index < -0.39 is 10.4 Å². The van der Waals surface area contributed by atoms with Gasteiger partial charge in [-0.15, -0.1) is 0 Å². The van der Waals surface area contributed by atoms with Crippen molar-refractivity contribution in [3.05, 3.63) is 12.2 Å². The molecule has 0 unspecified atom stereocenters. The number of hydrogen-bond donors (Lipinski definition) is 4. The molecule has 33 heavy (non-hydrogen) atoms. The molecule has 0 fully saturated rings. The van der Waals surface area contributed by atoms with Gasteiger partial charge in [0.1, 0.15) is 0 Å². The molecule has 0 saturated carbocycles. The molecule has 0 aliphatic rings. The summed E-state index contributed by atoms with van der Waals surface area (Å²) in [6.45, 7) is 4.09. The van der Waals surface area contributed by atoms with Gasteiger partial charge in [-0.05, 0) is 32.1 Å². The zero-order valence-corrected chi connectivity index (χ0v) is 21.7. The van der Waals surface area contributed by atoms with Gasteiger partial charge in [0, 0.05) is 19.6 Å². The minimum Gasteiger partial charge on any atom is -0.395 e. The number of aliphatic hydroxyl groups is 3. The molecule has 9 heteroatoms. The third-order valence-electron chi connectivity index (χ3n) is 5.14. The zero-order chi connectivity index (χ0) is 25.0. The molecule has 4 N–H and O–H groups in total. The van der Waals surface area contributed by atoms with Crippen molar-refractivity contribution in [2.45, 2.75) is 96.8 Å². The molecular weight excluding hydrogens is 446 g/mol. The molecule has 0 aromatic heterocycles. The van der Waals surface area contributed by atoms with Crippen molar-refractivity contribution in [2.24, 2.45) is 0 Å². The molecule has 0 atom stereocenters. The number of rotatable bonds is 23. The molecule has 0 spiro atoms. The maximum Gasteiger partial charge on any atom is 0.397 e. The Hall–Kier alpha value is -0.550. The van der Waals surface area contributed by atoms with Crippen LogP contribution in [-0.4, -0.2) is 79.3 Å². The van der Waals surface area contributed by atoms with E-state index in [9.17, 15) is 8.42 Å². The Labute approximate surface area is 203 Å². The van der Waals surface area contributed by atoms with E-state index in [0.717, 1.165) is 12.8 Å². The maximum absolute atomic E-state index is 10.3. The van der Waals surface area contributed by atoms with Crippen LogP contribution in [0, 0.1) is 0 Å².